The standard InChI is InChI=1S/C25H28N2O5S.Na.H/c1-25(2,3)21-11-9-19(10-12-21)16-27(33(30,31)23-8-5-13-26-15-23)17-20-6-4-7-22(14-20)32-18-24(28)29;;/h4-15H,16-18H2,1-3H3,(H,28,29);;. The average Bonchev–Trinajstić information content (AvgIpc) is 2.78. The molecule has 0 unspecified atom stereocenters. The molecular formula is C25H29N2NaO5S. The molecule has 0 saturated carbocycles. The van der Waals surface area contributed by atoms with Crippen LogP contribution in [0, 0.1) is 0 Å². The van der Waals surface area contributed by atoms with E-state index in [0.717, 1.165) is 11.1 Å². The van der Waals surface area contributed by atoms with Gasteiger partial charge in [0.1, 0.15) is 10.6 Å². The first-order chi connectivity index (χ1) is 15.6. The van der Waals surface area contributed by atoms with Gasteiger partial charge in [-0.25, -0.2) is 13.2 Å². The van der Waals surface area contributed by atoms with Gasteiger partial charge in [0.2, 0.25) is 10.0 Å². The quantitative estimate of drug-likeness (QED) is 0.459. The molecule has 34 heavy (non-hydrogen) atoms. The molecule has 0 fully saturated rings. The van der Waals surface area contributed by atoms with Crippen molar-refractivity contribution in [1.29, 1.82) is 0 Å². The topological polar surface area (TPSA) is 96.8 Å². The maximum atomic E-state index is 13.4. The van der Waals surface area contributed by atoms with Gasteiger partial charge >= 0.3 is 35.5 Å². The maximum absolute atomic E-state index is 13.4. The van der Waals surface area contributed by atoms with Crippen LogP contribution in [0.1, 0.15) is 37.5 Å². The number of hydrogen-bond acceptors (Lipinski definition) is 5. The van der Waals surface area contributed by atoms with Gasteiger partial charge in [0.25, 0.3) is 0 Å². The molecule has 0 aliphatic heterocycles. The molecule has 3 aromatic rings. The zero-order valence-corrected chi connectivity index (χ0v) is 19.7. The summed E-state index contributed by atoms with van der Waals surface area (Å²) in [5.74, 6) is -0.719. The van der Waals surface area contributed by atoms with Crippen LogP contribution in [0.15, 0.2) is 78.0 Å². The molecule has 1 aromatic heterocycles. The van der Waals surface area contributed by atoms with Crippen LogP contribution >= 0.6 is 0 Å². The molecule has 3 rings (SSSR count). The van der Waals surface area contributed by atoms with Crippen LogP contribution in [0.5, 0.6) is 5.75 Å². The summed E-state index contributed by atoms with van der Waals surface area (Å²) in [6.07, 6.45) is 2.86. The number of carbonyl (C=O) groups is 1. The Morgan fingerprint density at radius 3 is 2.26 bits per heavy atom. The van der Waals surface area contributed by atoms with Gasteiger partial charge < -0.3 is 9.84 Å². The minimum absolute atomic E-state index is 0. The van der Waals surface area contributed by atoms with Crippen molar-refractivity contribution >= 4 is 45.5 Å². The monoisotopic (exact) mass is 492 g/mol. The van der Waals surface area contributed by atoms with E-state index in [4.69, 9.17) is 9.84 Å². The van der Waals surface area contributed by atoms with Crippen LogP contribution < -0.4 is 4.74 Å². The number of rotatable bonds is 9. The van der Waals surface area contributed by atoms with Crippen molar-refractivity contribution in [1.82, 2.24) is 9.29 Å². The van der Waals surface area contributed by atoms with Crippen LogP contribution in [-0.4, -0.2) is 64.9 Å². The summed E-state index contributed by atoms with van der Waals surface area (Å²) in [7, 11) is -3.84. The Morgan fingerprint density at radius 2 is 1.68 bits per heavy atom. The fraction of sp³-hybridized carbons (Fsp3) is 0.280. The van der Waals surface area contributed by atoms with Crippen molar-refractivity contribution in [3.63, 3.8) is 0 Å². The molecule has 2 aromatic carbocycles. The molecule has 0 amide bonds. The van der Waals surface area contributed by atoms with Crippen molar-refractivity contribution in [3.8, 4) is 5.75 Å². The zero-order chi connectivity index (χ0) is 24.1. The van der Waals surface area contributed by atoms with E-state index in [1.165, 1.54) is 22.8 Å². The summed E-state index contributed by atoms with van der Waals surface area (Å²) < 4.78 is 33.5. The second kappa shape index (κ2) is 12.0. The van der Waals surface area contributed by atoms with E-state index in [1.54, 1.807) is 30.3 Å². The third-order valence-electron chi connectivity index (χ3n) is 5.07. The van der Waals surface area contributed by atoms with Crippen molar-refractivity contribution < 1.29 is 23.1 Å². The second-order valence-corrected chi connectivity index (χ2v) is 10.7. The Balaban J connectivity index is 0.00000408. The third-order valence-corrected chi connectivity index (χ3v) is 6.85. The van der Waals surface area contributed by atoms with E-state index in [-0.39, 0.29) is 53.0 Å². The van der Waals surface area contributed by atoms with Crippen LogP contribution in [-0.2, 0) is 33.3 Å². The predicted octanol–water partition coefficient (Wildman–Crippen LogP) is 3.59. The van der Waals surface area contributed by atoms with Gasteiger partial charge in [0.15, 0.2) is 6.61 Å². The minimum atomic E-state index is -3.84. The SMILES string of the molecule is CC(C)(C)c1ccc(CN(Cc2cccc(OCC(=O)O)c2)S(=O)(=O)c2cccnc2)cc1.[NaH]. The van der Waals surface area contributed by atoms with E-state index in [0.29, 0.717) is 11.3 Å². The van der Waals surface area contributed by atoms with Gasteiger partial charge in [0.05, 0.1) is 0 Å². The zero-order valence-electron chi connectivity index (χ0n) is 18.9. The molecule has 0 aliphatic carbocycles. The summed E-state index contributed by atoms with van der Waals surface area (Å²) in [4.78, 5) is 14.9. The first kappa shape index (κ1) is 28.0. The normalized spacial score (nSPS) is 11.6. The molecular weight excluding hydrogens is 463 g/mol. The number of carboxylic acids is 1. The molecule has 7 nitrogen and oxygen atoms in total. The number of pyridine rings is 1. The number of nitrogens with zero attached hydrogens (tertiary/aromatic N) is 2. The van der Waals surface area contributed by atoms with Crippen LogP contribution in [0.2, 0.25) is 0 Å². The Bertz CT molecular complexity index is 1190. The Kier molecular flexibility index (Phi) is 9.84. The fourth-order valence-electron chi connectivity index (χ4n) is 3.27. The average molecular weight is 493 g/mol. The number of sulfonamides is 1. The van der Waals surface area contributed by atoms with Crippen molar-refractivity contribution in [3.05, 3.63) is 89.7 Å². The van der Waals surface area contributed by atoms with Gasteiger partial charge in [-0.2, -0.15) is 4.31 Å². The van der Waals surface area contributed by atoms with Gasteiger partial charge in [-0.1, -0.05) is 57.2 Å². The Hall–Kier alpha value is -2.23. The molecule has 0 aliphatic rings. The summed E-state index contributed by atoms with van der Waals surface area (Å²) in [5.41, 5.74) is 2.69. The number of carboxylic acid groups (broad SMARTS) is 1. The van der Waals surface area contributed by atoms with Gasteiger partial charge in [-0.05, 0) is 46.4 Å². The number of ether oxygens (including phenoxy) is 1. The van der Waals surface area contributed by atoms with E-state index < -0.39 is 22.6 Å². The summed E-state index contributed by atoms with van der Waals surface area (Å²) in [5, 5.41) is 8.84. The molecule has 0 spiro atoms. The first-order valence-electron chi connectivity index (χ1n) is 10.5. The van der Waals surface area contributed by atoms with E-state index >= 15 is 0 Å². The molecule has 1 heterocycles. The number of aromatic nitrogens is 1. The molecule has 0 atom stereocenters. The first-order valence-corrected chi connectivity index (χ1v) is 11.9. The Labute approximate surface area is 223 Å². The van der Waals surface area contributed by atoms with Crippen molar-refractivity contribution in [2.75, 3.05) is 6.61 Å². The van der Waals surface area contributed by atoms with Crippen LogP contribution in [0.25, 0.3) is 0 Å². The summed E-state index contributed by atoms with van der Waals surface area (Å²) in [6, 6.07) is 17.8. The van der Waals surface area contributed by atoms with Crippen molar-refractivity contribution in [2.45, 2.75) is 44.2 Å². The third kappa shape index (κ3) is 7.65. The van der Waals surface area contributed by atoms with E-state index in [2.05, 4.69) is 25.8 Å². The van der Waals surface area contributed by atoms with Crippen molar-refractivity contribution in [2.24, 2.45) is 0 Å². The fourth-order valence-corrected chi connectivity index (χ4v) is 4.65. The molecule has 176 valence electrons. The molecule has 1 N–H and O–H groups in total. The Morgan fingerprint density at radius 1 is 1.00 bits per heavy atom. The molecule has 9 heteroatoms. The van der Waals surface area contributed by atoms with Crippen LogP contribution in [0.3, 0.4) is 0 Å². The number of benzene rings is 2. The number of aliphatic carboxylic acids is 1. The molecule has 0 saturated heterocycles. The summed E-state index contributed by atoms with van der Waals surface area (Å²) >= 11 is 0. The van der Waals surface area contributed by atoms with Gasteiger partial charge in [-0.3, -0.25) is 4.98 Å². The summed E-state index contributed by atoms with van der Waals surface area (Å²) in [6.45, 7) is 6.16. The van der Waals surface area contributed by atoms with E-state index in [1.807, 2.05) is 24.3 Å². The number of hydrogen-bond donors (Lipinski definition) is 1. The second-order valence-electron chi connectivity index (χ2n) is 8.74. The van der Waals surface area contributed by atoms with Gasteiger partial charge in [0, 0.05) is 25.5 Å². The predicted molar refractivity (Wildman–Crippen MR) is 133 cm³/mol. The van der Waals surface area contributed by atoms with E-state index in [9.17, 15) is 13.2 Å². The van der Waals surface area contributed by atoms with Gasteiger partial charge in [-0.15, -0.1) is 0 Å². The molecule has 0 bridgehead atoms. The van der Waals surface area contributed by atoms with Crippen LogP contribution in [0.4, 0.5) is 0 Å². The molecule has 0 radical (unpaired) electrons.